The third-order valence-corrected chi connectivity index (χ3v) is 2.22. The lowest BCUT2D eigenvalue weighted by Gasteiger charge is -2.12. The van der Waals surface area contributed by atoms with Crippen LogP contribution in [0.3, 0.4) is 0 Å². The number of nitrogens with one attached hydrogen (secondary N) is 1. The van der Waals surface area contributed by atoms with Crippen molar-refractivity contribution >= 4 is 5.91 Å². The van der Waals surface area contributed by atoms with E-state index in [1.165, 1.54) is 25.7 Å². The fourth-order valence-electron chi connectivity index (χ4n) is 1.33. The van der Waals surface area contributed by atoms with E-state index in [0.717, 1.165) is 6.42 Å². The van der Waals surface area contributed by atoms with Gasteiger partial charge in [-0.2, -0.15) is 0 Å². The molecule has 1 amide bonds. The lowest BCUT2D eigenvalue weighted by atomic mass is 10.1. The van der Waals surface area contributed by atoms with E-state index in [1.807, 2.05) is 6.92 Å². The quantitative estimate of drug-likeness (QED) is 0.607. The fraction of sp³-hybridized carbons (Fsp3) is 0.909. The molecule has 0 fully saturated rings. The zero-order chi connectivity index (χ0) is 10.1. The van der Waals surface area contributed by atoms with E-state index in [1.54, 1.807) is 0 Å². The number of hydrogen-bond acceptors (Lipinski definition) is 1. The van der Waals surface area contributed by atoms with Crippen molar-refractivity contribution in [1.29, 1.82) is 0 Å². The summed E-state index contributed by atoms with van der Waals surface area (Å²) in [7, 11) is 0. The van der Waals surface area contributed by atoms with Crippen LogP contribution in [-0.4, -0.2) is 11.9 Å². The molecule has 1 atom stereocenters. The number of carbonyl (C=O) groups excluding carboxylic acids is 1. The van der Waals surface area contributed by atoms with Crippen LogP contribution in [0, 0.1) is 0 Å². The minimum absolute atomic E-state index is 0.169. The molecule has 0 radical (unpaired) electrons. The number of unbranched alkanes of at least 4 members (excludes halogenated alkanes) is 3. The van der Waals surface area contributed by atoms with Gasteiger partial charge in [0.05, 0.1) is 0 Å². The zero-order valence-corrected chi connectivity index (χ0v) is 9.23. The summed E-state index contributed by atoms with van der Waals surface area (Å²) in [6.45, 7) is 6.18. The number of rotatable bonds is 7. The zero-order valence-electron chi connectivity index (χ0n) is 9.23. The lowest BCUT2D eigenvalue weighted by molar-refractivity contribution is -0.121. The summed E-state index contributed by atoms with van der Waals surface area (Å²) in [5.74, 6) is 0.169. The second-order valence-electron chi connectivity index (χ2n) is 3.67. The van der Waals surface area contributed by atoms with Gasteiger partial charge in [-0.15, -0.1) is 0 Å². The summed E-state index contributed by atoms with van der Waals surface area (Å²) < 4.78 is 0. The second kappa shape index (κ2) is 8.09. The SMILES string of the molecule is CCCCCCC(C)NC(=O)CC. The summed E-state index contributed by atoms with van der Waals surface area (Å²) in [6, 6.07) is 0.351. The third kappa shape index (κ3) is 7.82. The number of amides is 1. The van der Waals surface area contributed by atoms with E-state index in [2.05, 4.69) is 19.2 Å². The molecule has 78 valence electrons. The molecule has 0 aromatic carbocycles. The molecule has 0 aromatic rings. The number of hydrogen-bond donors (Lipinski definition) is 1. The van der Waals surface area contributed by atoms with Crippen molar-refractivity contribution in [2.24, 2.45) is 0 Å². The molecule has 1 N–H and O–H groups in total. The first-order chi connectivity index (χ1) is 6.20. The topological polar surface area (TPSA) is 29.1 Å². The molecule has 0 saturated heterocycles. The predicted octanol–water partition coefficient (Wildman–Crippen LogP) is 2.87. The molecule has 0 aliphatic rings. The van der Waals surface area contributed by atoms with Crippen LogP contribution >= 0.6 is 0 Å². The first-order valence-corrected chi connectivity index (χ1v) is 5.50. The van der Waals surface area contributed by atoms with E-state index in [9.17, 15) is 4.79 Å². The van der Waals surface area contributed by atoms with Crippen LogP contribution in [0.15, 0.2) is 0 Å². The Balaban J connectivity index is 3.29. The van der Waals surface area contributed by atoms with E-state index < -0.39 is 0 Å². The maximum absolute atomic E-state index is 11.0. The largest absolute Gasteiger partial charge is 0.354 e. The van der Waals surface area contributed by atoms with Crippen molar-refractivity contribution in [3.05, 3.63) is 0 Å². The third-order valence-electron chi connectivity index (χ3n) is 2.22. The highest BCUT2D eigenvalue weighted by atomic mass is 16.1. The maximum Gasteiger partial charge on any atom is 0.219 e. The van der Waals surface area contributed by atoms with Gasteiger partial charge in [0.15, 0.2) is 0 Å². The molecule has 0 heterocycles. The molecule has 13 heavy (non-hydrogen) atoms. The monoisotopic (exact) mass is 185 g/mol. The van der Waals surface area contributed by atoms with Gasteiger partial charge in [-0.1, -0.05) is 39.5 Å². The Morgan fingerprint density at radius 2 is 1.92 bits per heavy atom. The molecular weight excluding hydrogens is 162 g/mol. The van der Waals surface area contributed by atoms with Gasteiger partial charge in [0.25, 0.3) is 0 Å². The number of carbonyl (C=O) groups is 1. The fourth-order valence-corrected chi connectivity index (χ4v) is 1.33. The van der Waals surface area contributed by atoms with Gasteiger partial charge in [-0.25, -0.2) is 0 Å². The van der Waals surface area contributed by atoms with Gasteiger partial charge in [-0.05, 0) is 13.3 Å². The van der Waals surface area contributed by atoms with Gasteiger partial charge in [-0.3, -0.25) is 4.79 Å². The normalized spacial score (nSPS) is 12.5. The average Bonchev–Trinajstić information content (AvgIpc) is 2.12. The summed E-state index contributed by atoms with van der Waals surface area (Å²) in [5, 5.41) is 2.97. The van der Waals surface area contributed by atoms with Crippen molar-refractivity contribution in [2.75, 3.05) is 0 Å². The van der Waals surface area contributed by atoms with E-state index in [4.69, 9.17) is 0 Å². The smallest absolute Gasteiger partial charge is 0.219 e. The Bertz CT molecular complexity index is 134. The van der Waals surface area contributed by atoms with Crippen LogP contribution in [0.25, 0.3) is 0 Å². The summed E-state index contributed by atoms with van der Waals surface area (Å²) in [5.41, 5.74) is 0. The van der Waals surface area contributed by atoms with Crippen molar-refractivity contribution in [2.45, 2.75) is 65.3 Å². The van der Waals surface area contributed by atoms with Crippen LogP contribution in [0.2, 0.25) is 0 Å². The highest BCUT2D eigenvalue weighted by Gasteiger charge is 2.03. The van der Waals surface area contributed by atoms with Gasteiger partial charge in [0.2, 0.25) is 5.91 Å². The van der Waals surface area contributed by atoms with Crippen LogP contribution < -0.4 is 5.32 Å². The van der Waals surface area contributed by atoms with E-state index in [-0.39, 0.29) is 5.91 Å². The minimum atomic E-state index is 0.169. The van der Waals surface area contributed by atoms with Crippen molar-refractivity contribution in [3.63, 3.8) is 0 Å². The molecule has 0 bridgehead atoms. The summed E-state index contributed by atoms with van der Waals surface area (Å²) >= 11 is 0. The minimum Gasteiger partial charge on any atom is -0.354 e. The molecule has 0 rings (SSSR count). The molecule has 1 unspecified atom stereocenters. The molecule has 0 saturated carbocycles. The lowest BCUT2D eigenvalue weighted by Crippen LogP contribution is -2.31. The van der Waals surface area contributed by atoms with Crippen LogP contribution in [0.4, 0.5) is 0 Å². The first-order valence-electron chi connectivity index (χ1n) is 5.50. The van der Waals surface area contributed by atoms with Crippen LogP contribution in [-0.2, 0) is 4.79 Å². The maximum atomic E-state index is 11.0. The van der Waals surface area contributed by atoms with Gasteiger partial charge < -0.3 is 5.32 Å². The van der Waals surface area contributed by atoms with Gasteiger partial charge >= 0.3 is 0 Å². The molecule has 2 nitrogen and oxygen atoms in total. The Hall–Kier alpha value is -0.530. The Labute approximate surface area is 82.1 Å². The highest BCUT2D eigenvalue weighted by Crippen LogP contribution is 2.05. The van der Waals surface area contributed by atoms with Crippen molar-refractivity contribution in [1.82, 2.24) is 5.32 Å². The standard InChI is InChI=1S/C11H23NO/c1-4-6-7-8-9-10(3)12-11(13)5-2/h10H,4-9H2,1-3H3,(H,12,13). The predicted molar refractivity (Wildman–Crippen MR) is 56.7 cm³/mol. The van der Waals surface area contributed by atoms with Crippen molar-refractivity contribution < 1.29 is 4.79 Å². The molecule has 0 aliphatic heterocycles. The van der Waals surface area contributed by atoms with E-state index in [0.29, 0.717) is 12.5 Å². The molecule has 0 spiro atoms. The van der Waals surface area contributed by atoms with E-state index >= 15 is 0 Å². The summed E-state index contributed by atoms with van der Waals surface area (Å²) in [4.78, 5) is 11.0. The summed E-state index contributed by atoms with van der Waals surface area (Å²) in [6.07, 6.45) is 6.83. The Morgan fingerprint density at radius 3 is 2.46 bits per heavy atom. The van der Waals surface area contributed by atoms with Crippen LogP contribution in [0.5, 0.6) is 0 Å². The van der Waals surface area contributed by atoms with Crippen molar-refractivity contribution in [3.8, 4) is 0 Å². The van der Waals surface area contributed by atoms with Crippen LogP contribution in [0.1, 0.15) is 59.3 Å². The average molecular weight is 185 g/mol. The van der Waals surface area contributed by atoms with Gasteiger partial charge in [0.1, 0.15) is 0 Å². The molecule has 2 heteroatoms. The molecule has 0 aliphatic carbocycles. The Kier molecular flexibility index (Phi) is 7.76. The Morgan fingerprint density at radius 1 is 1.23 bits per heavy atom. The highest BCUT2D eigenvalue weighted by molar-refractivity contribution is 5.75. The molecular formula is C11H23NO. The molecule has 0 aromatic heterocycles. The second-order valence-corrected chi connectivity index (χ2v) is 3.67. The van der Waals surface area contributed by atoms with Gasteiger partial charge in [0, 0.05) is 12.5 Å². The first kappa shape index (κ1) is 12.5.